The fraction of sp³-hybridized carbons (Fsp3) is 0.500. The predicted molar refractivity (Wildman–Crippen MR) is 54.9 cm³/mol. The zero-order valence-electron chi connectivity index (χ0n) is 8.40. The molecular weight excluding hydrogens is 176 g/mol. The van der Waals surface area contributed by atoms with Gasteiger partial charge in [-0.3, -0.25) is 0 Å². The second-order valence-corrected chi connectivity index (χ2v) is 4.41. The topological polar surface area (TPSA) is 40.5 Å². The summed E-state index contributed by atoms with van der Waals surface area (Å²) >= 11 is 0. The van der Waals surface area contributed by atoms with Crippen LogP contribution >= 0.6 is 0 Å². The van der Waals surface area contributed by atoms with Crippen LogP contribution in [0.3, 0.4) is 0 Å². The second kappa shape index (κ2) is 3.37. The number of hydrogen-bond donors (Lipinski definition) is 2. The van der Waals surface area contributed by atoms with Crippen LogP contribution in [0.15, 0.2) is 24.3 Å². The van der Waals surface area contributed by atoms with Gasteiger partial charge in [0.05, 0.1) is 12.7 Å². The van der Waals surface area contributed by atoms with Gasteiger partial charge in [0.15, 0.2) is 0 Å². The van der Waals surface area contributed by atoms with Crippen molar-refractivity contribution in [3.63, 3.8) is 0 Å². The zero-order chi connectivity index (χ0) is 10.2. The fourth-order valence-electron chi connectivity index (χ4n) is 2.13. The van der Waals surface area contributed by atoms with Crippen LogP contribution in [0.25, 0.3) is 0 Å². The molecule has 2 atom stereocenters. The first-order valence-corrected chi connectivity index (χ1v) is 5.04. The highest BCUT2D eigenvalue weighted by Gasteiger charge is 2.37. The Hall–Kier alpha value is -0.860. The fourth-order valence-corrected chi connectivity index (χ4v) is 2.13. The van der Waals surface area contributed by atoms with Gasteiger partial charge in [-0.1, -0.05) is 31.2 Å². The number of aryl methyl sites for hydroxylation is 1. The average Bonchev–Trinajstić information content (AvgIpc) is 2.24. The van der Waals surface area contributed by atoms with Gasteiger partial charge in [0.25, 0.3) is 0 Å². The lowest BCUT2D eigenvalue weighted by molar-refractivity contribution is -0.0200. The smallest absolute Gasteiger partial charge is 0.0868 e. The van der Waals surface area contributed by atoms with Crippen molar-refractivity contribution < 1.29 is 10.2 Å². The Kier molecular flexibility index (Phi) is 2.33. The first kappa shape index (κ1) is 9.69. The molecule has 0 spiro atoms. The highest BCUT2D eigenvalue weighted by atomic mass is 16.3. The summed E-state index contributed by atoms with van der Waals surface area (Å²) in [5, 5.41) is 19.4. The van der Waals surface area contributed by atoms with Crippen LogP contribution in [0.2, 0.25) is 0 Å². The average molecular weight is 192 g/mol. The zero-order valence-corrected chi connectivity index (χ0v) is 8.40. The van der Waals surface area contributed by atoms with Gasteiger partial charge in [0.1, 0.15) is 0 Å². The summed E-state index contributed by atoms with van der Waals surface area (Å²) in [6, 6.07) is 7.93. The molecule has 0 saturated heterocycles. The number of rotatable bonds is 1. The maximum atomic E-state index is 10.1. The van der Waals surface area contributed by atoms with Crippen LogP contribution in [0.1, 0.15) is 30.6 Å². The van der Waals surface area contributed by atoms with Crippen LogP contribution < -0.4 is 0 Å². The molecule has 1 aromatic carbocycles. The largest absolute Gasteiger partial charge is 0.396 e. The molecule has 2 unspecified atom stereocenters. The minimum atomic E-state index is -0.530. The lowest BCUT2D eigenvalue weighted by Crippen LogP contribution is -2.34. The summed E-state index contributed by atoms with van der Waals surface area (Å²) in [5.74, 6) is 0. The van der Waals surface area contributed by atoms with Crippen LogP contribution in [-0.2, 0) is 6.42 Å². The molecule has 1 aliphatic carbocycles. The molecule has 76 valence electrons. The third-order valence-corrected chi connectivity index (χ3v) is 3.34. The Balaban J connectivity index is 2.41. The Morgan fingerprint density at radius 1 is 1.43 bits per heavy atom. The maximum Gasteiger partial charge on any atom is 0.0868 e. The number of hydrogen-bond acceptors (Lipinski definition) is 2. The van der Waals surface area contributed by atoms with Crippen LogP contribution in [0, 0.1) is 5.41 Å². The van der Waals surface area contributed by atoms with E-state index in [1.807, 2.05) is 25.1 Å². The Morgan fingerprint density at radius 3 is 2.86 bits per heavy atom. The Morgan fingerprint density at radius 2 is 2.14 bits per heavy atom. The van der Waals surface area contributed by atoms with Gasteiger partial charge in [-0.15, -0.1) is 0 Å². The standard InChI is InChI=1S/C12H16O2/c1-12(8-13)7-6-9-4-2-3-5-10(9)11(12)14/h2-5,11,13-14H,6-8H2,1H3. The van der Waals surface area contributed by atoms with Gasteiger partial charge in [-0.05, 0) is 24.0 Å². The summed E-state index contributed by atoms with van der Waals surface area (Å²) in [4.78, 5) is 0. The van der Waals surface area contributed by atoms with E-state index in [1.54, 1.807) is 0 Å². The summed E-state index contributed by atoms with van der Waals surface area (Å²) < 4.78 is 0. The molecule has 0 heterocycles. The number of aliphatic hydroxyl groups is 2. The molecule has 0 bridgehead atoms. The third kappa shape index (κ3) is 1.35. The van der Waals surface area contributed by atoms with E-state index in [2.05, 4.69) is 6.07 Å². The van der Waals surface area contributed by atoms with Crippen molar-refractivity contribution in [3.05, 3.63) is 35.4 Å². The predicted octanol–water partition coefficient (Wildman–Crippen LogP) is 1.66. The molecule has 0 radical (unpaired) electrons. The van der Waals surface area contributed by atoms with E-state index in [-0.39, 0.29) is 12.0 Å². The molecule has 0 amide bonds. The van der Waals surface area contributed by atoms with Crippen molar-refractivity contribution in [2.24, 2.45) is 5.41 Å². The number of aliphatic hydroxyl groups excluding tert-OH is 2. The van der Waals surface area contributed by atoms with E-state index in [9.17, 15) is 10.2 Å². The van der Waals surface area contributed by atoms with E-state index >= 15 is 0 Å². The second-order valence-electron chi connectivity index (χ2n) is 4.41. The molecule has 1 aromatic rings. The van der Waals surface area contributed by atoms with Crippen LogP contribution in [0.5, 0.6) is 0 Å². The molecule has 1 aliphatic rings. The van der Waals surface area contributed by atoms with Gasteiger partial charge in [0.2, 0.25) is 0 Å². The molecule has 0 aromatic heterocycles. The van der Waals surface area contributed by atoms with Crippen molar-refractivity contribution in [1.82, 2.24) is 0 Å². The molecule has 2 heteroatoms. The molecular formula is C12H16O2. The van der Waals surface area contributed by atoms with Crippen molar-refractivity contribution in [1.29, 1.82) is 0 Å². The van der Waals surface area contributed by atoms with Gasteiger partial charge >= 0.3 is 0 Å². The SMILES string of the molecule is CC1(CO)CCc2ccccc2C1O. The van der Waals surface area contributed by atoms with Gasteiger partial charge in [-0.2, -0.15) is 0 Å². The van der Waals surface area contributed by atoms with Crippen molar-refractivity contribution >= 4 is 0 Å². The highest BCUT2D eigenvalue weighted by Crippen LogP contribution is 2.43. The molecule has 0 aliphatic heterocycles. The minimum Gasteiger partial charge on any atom is -0.396 e. The summed E-state index contributed by atoms with van der Waals surface area (Å²) in [6.45, 7) is 1.98. The van der Waals surface area contributed by atoms with Crippen molar-refractivity contribution in [3.8, 4) is 0 Å². The Bertz CT molecular complexity index is 335. The maximum absolute atomic E-state index is 10.1. The van der Waals surface area contributed by atoms with E-state index in [0.717, 1.165) is 18.4 Å². The van der Waals surface area contributed by atoms with E-state index in [0.29, 0.717) is 0 Å². The van der Waals surface area contributed by atoms with E-state index < -0.39 is 6.10 Å². The summed E-state index contributed by atoms with van der Waals surface area (Å²) in [5.41, 5.74) is 1.83. The van der Waals surface area contributed by atoms with Crippen molar-refractivity contribution in [2.75, 3.05) is 6.61 Å². The van der Waals surface area contributed by atoms with Crippen molar-refractivity contribution in [2.45, 2.75) is 25.9 Å². The first-order valence-electron chi connectivity index (χ1n) is 5.04. The molecule has 2 rings (SSSR count). The molecule has 14 heavy (non-hydrogen) atoms. The van der Waals surface area contributed by atoms with Gasteiger partial charge in [0, 0.05) is 5.41 Å². The number of benzene rings is 1. The third-order valence-electron chi connectivity index (χ3n) is 3.34. The minimum absolute atomic E-state index is 0.0441. The van der Waals surface area contributed by atoms with Gasteiger partial charge in [-0.25, -0.2) is 0 Å². The molecule has 2 N–H and O–H groups in total. The molecule has 0 fully saturated rings. The summed E-state index contributed by atoms with van der Waals surface area (Å²) in [6.07, 6.45) is 1.27. The normalized spacial score (nSPS) is 31.2. The van der Waals surface area contributed by atoms with Crippen LogP contribution in [-0.4, -0.2) is 16.8 Å². The monoisotopic (exact) mass is 192 g/mol. The first-order chi connectivity index (χ1) is 6.67. The summed E-state index contributed by atoms with van der Waals surface area (Å²) in [7, 11) is 0. The number of fused-ring (bicyclic) bond motifs is 1. The molecule has 2 nitrogen and oxygen atoms in total. The quantitative estimate of drug-likeness (QED) is 0.710. The molecule has 0 saturated carbocycles. The lowest BCUT2D eigenvalue weighted by atomic mass is 9.71. The Labute approximate surface area is 84.2 Å². The van der Waals surface area contributed by atoms with E-state index in [1.165, 1.54) is 5.56 Å². The highest BCUT2D eigenvalue weighted by molar-refractivity contribution is 5.33. The van der Waals surface area contributed by atoms with E-state index in [4.69, 9.17) is 0 Å². The van der Waals surface area contributed by atoms with Gasteiger partial charge < -0.3 is 10.2 Å². The lowest BCUT2D eigenvalue weighted by Gasteiger charge is -2.38. The van der Waals surface area contributed by atoms with Crippen LogP contribution in [0.4, 0.5) is 0 Å².